The van der Waals surface area contributed by atoms with Crippen LogP contribution in [0.5, 0.6) is 5.75 Å². The molecule has 26 heavy (non-hydrogen) atoms. The molecule has 0 spiro atoms. The monoisotopic (exact) mass is 358 g/mol. The molecule has 0 saturated heterocycles. The number of esters is 1. The third-order valence-electron chi connectivity index (χ3n) is 3.54. The van der Waals surface area contributed by atoms with E-state index < -0.39 is 29.5 Å². The van der Waals surface area contributed by atoms with Gasteiger partial charge in [-0.05, 0) is 25.1 Å². The van der Waals surface area contributed by atoms with Gasteiger partial charge in [0.25, 0.3) is 5.91 Å². The number of carbonyl (C=O) groups excluding carboxylic acids is 2. The molecule has 1 atom stereocenters. The number of rotatable bonds is 7. The minimum atomic E-state index is -1.03. The van der Waals surface area contributed by atoms with Crippen LogP contribution in [0.2, 0.25) is 0 Å². The number of likely N-dealkylation sites (N-methyl/N-ethyl adjacent to an activating group) is 1. The summed E-state index contributed by atoms with van der Waals surface area (Å²) in [6.07, 6.45) is -1.03. The molecule has 2 aromatic rings. The highest BCUT2D eigenvalue weighted by molar-refractivity contribution is 5.96. The van der Waals surface area contributed by atoms with Gasteiger partial charge in [0.2, 0.25) is 0 Å². The van der Waals surface area contributed by atoms with Crippen molar-refractivity contribution in [2.24, 2.45) is 0 Å². The topological polar surface area (TPSA) is 99.0 Å². The van der Waals surface area contributed by atoms with Crippen molar-refractivity contribution in [3.05, 3.63) is 64.7 Å². The van der Waals surface area contributed by atoms with Crippen LogP contribution in [-0.4, -0.2) is 36.6 Å². The van der Waals surface area contributed by atoms with E-state index in [1.54, 1.807) is 37.4 Å². The number of nitrogens with zero attached hydrogens (tertiary/aromatic N) is 2. The number of hydrogen-bond donors (Lipinski definition) is 0. The highest BCUT2D eigenvalue weighted by atomic mass is 16.6. The average Bonchev–Trinajstić information content (AvgIpc) is 2.66. The van der Waals surface area contributed by atoms with Crippen molar-refractivity contribution >= 4 is 23.3 Å². The van der Waals surface area contributed by atoms with E-state index in [1.165, 1.54) is 30.0 Å². The molecule has 0 heterocycles. The van der Waals surface area contributed by atoms with E-state index in [0.717, 1.165) is 0 Å². The fourth-order valence-electron chi connectivity index (χ4n) is 2.20. The third-order valence-corrected chi connectivity index (χ3v) is 3.54. The molecule has 0 fully saturated rings. The van der Waals surface area contributed by atoms with Gasteiger partial charge in [-0.25, -0.2) is 4.79 Å². The number of nitro groups is 1. The van der Waals surface area contributed by atoms with Gasteiger partial charge in [0, 0.05) is 18.8 Å². The summed E-state index contributed by atoms with van der Waals surface area (Å²) in [6, 6.07) is 14.6. The first-order valence-electron chi connectivity index (χ1n) is 7.78. The minimum absolute atomic E-state index is 0.0465. The number of amides is 1. The molecular weight excluding hydrogens is 340 g/mol. The van der Waals surface area contributed by atoms with Gasteiger partial charge in [0.05, 0.1) is 4.92 Å². The molecule has 0 aliphatic heterocycles. The average molecular weight is 358 g/mol. The molecule has 8 nitrogen and oxygen atoms in total. The summed E-state index contributed by atoms with van der Waals surface area (Å²) in [7, 11) is 1.58. The van der Waals surface area contributed by atoms with Gasteiger partial charge in [-0.3, -0.25) is 14.9 Å². The van der Waals surface area contributed by atoms with Gasteiger partial charge in [-0.1, -0.05) is 30.3 Å². The Kier molecular flexibility index (Phi) is 6.26. The molecule has 0 saturated carbocycles. The van der Waals surface area contributed by atoms with E-state index in [9.17, 15) is 19.7 Å². The number of nitro benzene ring substituents is 1. The summed E-state index contributed by atoms with van der Waals surface area (Å²) < 4.78 is 10.2. The van der Waals surface area contributed by atoms with E-state index >= 15 is 0 Å². The van der Waals surface area contributed by atoms with E-state index in [0.29, 0.717) is 5.69 Å². The second-order valence-electron chi connectivity index (χ2n) is 5.38. The first-order valence-corrected chi connectivity index (χ1v) is 7.78. The molecule has 2 rings (SSSR count). The van der Waals surface area contributed by atoms with E-state index in [4.69, 9.17) is 9.47 Å². The number of carbonyl (C=O) groups is 2. The zero-order chi connectivity index (χ0) is 19.1. The second kappa shape index (κ2) is 8.61. The molecule has 8 heteroatoms. The summed E-state index contributed by atoms with van der Waals surface area (Å²) in [5.41, 5.74) is 0.407. The predicted octanol–water partition coefficient (Wildman–Crippen LogP) is 2.57. The van der Waals surface area contributed by atoms with Crippen LogP contribution in [0.4, 0.5) is 11.4 Å². The van der Waals surface area contributed by atoms with Crippen molar-refractivity contribution < 1.29 is 24.0 Å². The molecule has 0 bridgehead atoms. The van der Waals surface area contributed by atoms with Crippen LogP contribution in [0.1, 0.15) is 6.92 Å². The van der Waals surface area contributed by atoms with E-state index in [2.05, 4.69) is 0 Å². The first kappa shape index (κ1) is 18.9. The highest BCUT2D eigenvalue weighted by Gasteiger charge is 2.23. The Morgan fingerprint density at radius 3 is 2.38 bits per heavy atom. The zero-order valence-corrected chi connectivity index (χ0v) is 14.3. The van der Waals surface area contributed by atoms with E-state index in [-0.39, 0.29) is 11.4 Å². The van der Waals surface area contributed by atoms with Crippen LogP contribution >= 0.6 is 0 Å². The van der Waals surface area contributed by atoms with Gasteiger partial charge in [0.1, 0.15) is 0 Å². The Morgan fingerprint density at radius 1 is 1.12 bits per heavy atom. The van der Waals surface area contributed by atoms with Crippen LogP contribution in [0.15, 0.2) is 54.6 Å². The summed E-state index contributed by atoms with van der Waals surface area (Å²) >= 11 is 0. The summed E-state index contributed by atoms with van der Waals surface area (Å²) in [5, 5.41) is 10.9. The standard InChI is InChI=1S/C18H18N2O6/c1-13(18(22)19(2)14-8-4-3-5-9-14)26-17(21)12-25-16-11-7-6-10-15(16)20(23)24/h3-11,13H,12H2,1-2H3/t13-/m1/s1. The van der Waals surface area contributed by atoms with Crippen LogP contribution in [0, 0.1) is 10.1 Å². The van der Waals surface area contributed by atoms with Crippen molar-refractivity contribution in [1.29, 1.82) is 0 Å². The summed E-state index contributed by atoms with van der Waals surface area (Å²) in [4.78, 5) is 35.9. The highest BCUT2D eigenvalue weighted by Crippen LogP contribution is 2.25. The van der Waals surface area contributed by atoms with Crippen LogP contribution in [-0.2, 0) is 14.3 Å². The van der Waals surface area contributed by atoms with Gasteiger partial charge in [0.15, 0.2) is 18.5 Å². The maximum Gasteiger partial charge on any atom is 0.344 e. The zero-order valence-electron chi connectivity index (χ0n) is 14.3. The molecule has 0 aliphatic carbocycles. The Morgan fingerprint density at radius 2 is 1.73 bits per heavy atom. The van der Waals surface area contributed by atoms with Gasteiger partial charge < -0.3 is 14.4 Å². The van der Waals surface area contributed by atoms with Crippen molar-refractivity contribution in [3.8, 4) is 5.75 Å². The van der Waals surface area contributed by atoms with Crippen molar-refractivity contribution in [3.63, 3.8) is 0 Å². The third kappa shape index (κ3) is 4.79. The molecule has 0 unspecified atom stereocenters. The predicted molar refractivity (Wildman–Crippen MR) is 94.0 cm³/mol. The van der Waals surface area contributed by atoms with Crippen molar-refractivity contribution in [2.45, 2.75) is 13.0 Å². The molecule has 2 aromatic carbocycles. The molecule has 0 aliphatic rings. The minimum Gasteiger partial charge on any atom is -0.475 e. The van der Waals surface area contributed by atoms with Gasteiger partial charge in [-0.15, -0.1) is 0 Å². The molecule has 136 valence electrons. The molecule has 1 amide bonds. The number of anilines is 1. The maximum absolute atomic E-state index is 12.3. The number of para-hydroxylation sites is 3. The lowest BCUT2D eigenvalue weighted by atomic mass is 10.2. The van der Waals surface area contributed by atoms with Crippen molar-refractivity contribution in [1.82, 2.24) is 0 Å². The van der Waals surface area contributed by atoms with Crippen LogP contribution < -0.4 is 9.64 Å². The fraction of sp³-hybridized carbons (Fsp3) is 0.222. The first-order chi connectivity index (χ1) is 12.4. The fourth-order valence-corrected chi connectivity index (χ4v) is 2.20. The molecule has 0 aromatic heterocycles. The SMILES string of the molecule is C[C@@H](OC(=O)COc1ccccc1[N+](=O)[O-])C(=O)N(C)c1ccccc1. The Bertz CT molecular complexity index is 793. The summed E-state index contributed by atoms with van der Waals surface area (Å²) in [6.45, 7) is 0.905. The van der Waals surface area contributed by atoms with Crippen LogP contribution in [0.3, 0.4) is 0 Å². The second-order valence-corrected chi connectivity index (χ2v) is 5.38. The number of hydrogen-bond acceptors (Lipinski definition) is 6. The smallest absolute Gasteiger partial charge is 0.344 e. The number of ether oxygens (including phenoxy) is 2. The lowest BCUT2D eigenvalue weighted by Gasteiger charge is -2.21. The Balaban J connectivity index is 1.91. The Hall–Kier alpha value is -3.42. The number of benzene rings is 2. The summed E-state index contributed by atoms with van der Waals surface area (Å²) in [5.74, 6) is -1.25. The van der Waals surface area contributed by atoms with Gasteiger partial charge in [-0.2, -0.15) is 0 Å². The van der Waals surface area contributed by atoms with Crippen LogP contribution in [0.25, 0.3) is 0 Å². The van der Waals surface area contributed by atoms with Crippen molar-refractivity contribution in [2.75, 3.05) is 18.6 Å². The van der Waals surface area contributed by atoms with Gasteiger partial charge >= 0.3 is 11.7 Å². The Labute approximate surface area is 150 Å². The normalized spacial score (nSPS) is 11.3. The van der Waals surface area contributed by atoms with E-state index in [1.807, 2.05) is 6.07 Å². The molecule has 0 N–H and O–H groups in total. The quantitative estimate of drug-likeness (QED) is 0.428. The lowest BCUT2D eigenvalue weighted by Crippen LogP contribution is -2.38. The largest absolute Gasteiger partial charge is 0.475 e. The molecule has 0 radical (unpaired) electrons. The maximum atomic E-state index is 12.3. The lowest BCUT2D eigenvalue weighted by molar-refractivity contribution is -0.385. The molecular formula is C18H18N2O6.